The summed E-state index contributed by atoms with van der Waals surface area (Å²) in [4.78, 5) is 24.2. The van der Waals surface area contributed by atoms with E-state index in [1.54, 1.807) is 4.90 Å². The van der Waals surface area contributed by atoms with E-state index in [-0.39, 0.29) is 23.3 Å². The number of nitrogen functional groups attached to an aromatic ring is 1. The molecule has 0 aliphatic carbocycles. The third kappa shape index (κ3) is 2.13. The van der Waals surface area contributed by atoms with Crippen LogP contribution in [0.15, 0.2) is 18.2 Å². The zero-order chi connectivity index (χ0) is 13.3. The predicted octanol–water partition coefficient (Wildman–Crippen LogP) is 1.80. The molecule has 1 unspecified atom stereocenters. The molecule has 1 fully saturated rings. The summed E-state index contributed by atoms with van der Waals surface area (Å²) in [6.07, 6.45) is 1.95. The first-order valence-corrected chi connectivity index (χ1v) is 5.85. The molecule has 0 aromatic heterocycles. The maximum absolute atomic E-state index is 12.2. The second kappa shape index (κ2) is 4.64. The molecule has 0 spiro atoms. The van der Waals surface area contributed by atoms with Crippen molar-refractivity contribution in [1.29, 1.82) is 0 Å². The highest BCUT2D eigenvalue weighted by molar-refractivity contribution is 5.96. The second-order valence-electron chi connectivity index (χ2n) is 4.52. The number of amides is 1. The van der Waals surface area contributed by atoms with Gasteiger partial charge in [0, 0.05) is 24.2 Å². The van der Waals surface area contributed by atoms with Crippen molar-refractivity contribution in [3.8, 4) is 0 Å². The van der Waals surface area contributed by atoms with Crippen LogP contribution in [0, 0.1) is 10.1 Å². The summed E-state index contributed by atoms with van der Waals surface area (Å²) in [5.74, 6) is -0.164. The number of carbonyl (C=O) groups is 1. The van der Waals surface area contributed by atoms with Crippen LogP contribution < -0.4 is 5.73 Å². The molecule has 96 valence electrons. The van der Waals surface area contributed by atoms with Gasteiger partial charge in [-0.05, 0) is 31.9 Å². The molecule has 6 nitrogen and oxygen atoms in total. The second-order valence-corrected chi connectivity index (χ2v) is 4.52. The summed E-state index contributed by atoms with van der Waals surface area (Å²) in [5, 5.41) is 10.8. The van der Waals surface area contributed by atoms with Crippen molar-refractivity contribution >= 4 is 17.3 Å². The summed E-state index contributed by atoms with van der Waals surface area (Å²) < 4.78 is 0. The van der Waals surface area contributed by atoms with Gasteiger partial charge in [0.05, 0.1) is 4.92 Å². The van der Waals surface area contributed by atoms with Crippen molar-refractivity contribution in [2.45, 2.75) is 25.8 Å². The number of nitrogens with zero attached hydrogens (tertiary/aromatic N) is 2. The number of anilines is 1. The fourth-order valence-electron chi connectivity index (χ4n) is 2.24. The Morgan fingerprint density at radius 1 is 1.56 bits per heavy atom. The van der Waals surface area contributed by atoms with E-state index in [0.717, 1.165) is 12.8 Å². The number of likely N-dealkylation sites (tertiary alicyclic amines) is 1. The maximum atomic E-state index is 12.2. The minimum Gasteiger partial charge on any atom is -0.393 e. The van der Waals surface area contributed by atoms with Crippen molar-refractivity contribution in [2.24, 2.45) is 0 Å². The van der Waals surface area contributed by atoms with Gasteiger partial charge in [-0.25, -0.2) is 0 Å². The topological polar surface area (TPSA) is 89.5 Å². The Bertz CT molecular complexity index is 501. The Morgan fingerprint density at radius 2 is 2.28 bits per heavy atom. The van der Waals surface area contributed by atoms with Gasteiger partial charge in [0.15, 0.2) is 0 Å². The van der Waals surface area contributed by atoms with Crippen LogP contribution in [0.4, 0.5) is 11.4 Å². The van der Waals surface area contributed by atoms with E-state index in [4.69, 9.17) is 5.73 Å². The van der Waals surface area contributed by atoms with Crippen molar-refractivity contribution in [3.63, 3.8) is 0 Å². The van der Waals surface area contributed by atoms with Crippen LogP contribution >= 0.6 is 0 Å². The van der Waals surface area contributed by atoms with E-state index in [1.807, 2.05) is 6.92 Å². The zero-order valence-electron chi connectivity index (χ0n) is 10.1. The summed E-state index contributed by atoms with van der Waals surface area (Å²) in [6.45, 7) is 2.69. The van der Waals surface area contributed by atoms with Crippen molar-refractivity contribution < 1.29 is 9.72 Å². The highest BCUT2D eigenvalue weighted by Crippen LogP contribution is 2.25. The van der Waals surface area contributed by atoms with Gasteiger partial charge in [0.2, 0.25) is 0 Å². The van der Waals surface area contributed by atoms with E-state index < -0.39 is 4.92 Å². The zero-order valence-corrected chi connectivity index (χ0v) is 10.1. The number of nitro benzene ring substituents is 1. The molecule has 1 heterocycles. The van der Waals surface area contributed by atoms with E-state index in [9.17, 15) is 14.9 Å². The number of carbonyl (C=O) groups excluding carboxylic acids is 1. The van der Waals surface area contributed by atoms with E-state index in [2.05, 4.69) is 0 Å². The standard InChI is InChI=1S/C12H15N3O3/c1-8-3-2-6-14(8)12(16)9-4-5-10(13)11(7-9)15(17)18/h4-5,7-8H,2-3,6,13H2,1H3. The van der Waals surface area contributed by atoms with Gasteiger partial charge in [-0.15, -0.1) is 0 Å². The lowest BCUT2D eigenvalue weighted by Gasteiger charge is -2.21. The molecule has 18 heavy (non-hydrogen) atoms. The Hall–Kier alpha value is -2.11. The fraction of sp³-hybridized carbons (Fsp3) is 0.417. The lowest BCUT2D eigenvalue weighted by atomic mass is 10.1. The smallest absolute Gasteiger partial charge is 0.292 e. The number of rotatable bonds is 2. The number of hydrogen-bond acceptors (Lipinski definition) is 4. The Balaban J connectivity index is 2.31. The fourth-order valence-corrected chi connectivity index (χ4v) is 2.24. The van der Waals surface area contributed by atoms with Crippen LogP contribution in [-0.4, -0.2) is 28.3 Å². The van der Waals surface area contributed by atoms with Crippen LogP contribution in [0.2, 0.25) is 0 Å². The first-order chi connectivity index (χ1) is 8.50. The monoisotopic (exact) mass is 249 g/mol. The molecule has 1 aliphatic rings. The quantitative estimate of drug-likeness (QED) is 0.491. The molecule has 1 amide bonds. The van der Waals surface area contributed by atoms with Crippen LogP contribution in [0.1, 0.15) is 30.1 Å². The average molecular weight is 249 g/mol. The Morgan fingerprint density at radius 3 is 2.83 bits per heavy atom. The highest BCUT2D eigenvalue weighted by atomic mass is 16.6. The van der Waals surface area contributed by atoms with Gasteiger partial charge < -0.3 is 10.6 Å². The molecule has 1 aromatic carbocycles. The normalized spacial score (nSPS) is 18.9. The van der Waals surface area contributed by atoms with Crippen LogP contribution in [0.25, 0.3) is 0 Å². The first-order valence-electron chi connectivity index (χ1n) is 5.85. The molecular formula is C12H15N3O3. The van der Waals surface area contributed by atoms with Crippen molar-refractivity contribution in [1.82, 2.24) is 4.90 Å². The molecule has 0 bridgehead atoms. The minimum atomic E-state index is -0.570. The number of benzene rings is 1. The lowest BCUT2D eigenvalue weighted by molar-refractivity contribution is -0.383. The lowest BCUT2D eigenvalue weighted by Crippen LogP contribution is -2.33. The molecule has 0 radical (unpaired) electrons. The van der Waals surface area contributed by atoms with E-state index >= 15 is 0 Å². The molecule has 1 aromatic rings. The molecule has 6 heteroatoms. The Labute approximate surface area is 105 Å². The minimum absolute atomic E-state index is 0.0750. The van der Waals surface area contributed by atoms with Gasteiger partial charge >= 0.3 is 0 Å². The summed E-state index contributed by atoms with van der Waals surface area (Å²) in [6, 6.07) is 4.39. The van der Waals surface area contributed by atoms with Gasteiger partial charge in [-0.3, -0.25) is 14.9 Å². The number of nitrogens with two attached hydrogens (primary N) is 1. The van der Waals surface area contributed by atoms with Crippen LogP contribution in [0.3, 0.4) is 0 Å². The Kier molecular flexibility index (Phi) is 3.18. The van der Waals surface area contributed by atoms with Crippen molar-refractivity contribution in [3.05, 3.63) is 33.9 Å². The van der Waals surface area contributed by atoms with E-state index in [0.29, 0.717) is 12.1 Å². The van der Waals surface area contributed by atoms with Crippen molar-refractivity contribution in [2.75, 3.05) is 12.3 Å². The summed E-state index contributed by atoms with van der Waals surface area (Å²) in [7, 11) is 0. The largest absolute Gasteiger partial charge is 0.393 e. The maximum Gasteiger partial charge on any atom is 0.292 e. The number of hydrogen-bond donors (Lipinski definition) is 1. The molecule has 2 N–H and O–H groups in total. The SMILES string of the molecule is CC1CCCN1C(=O)c1ccc(N)c([N+](=O)[O-])c1. The van der Waals surface area contributed by atoms with Gasteiger partial charge in [-0.1, -0.05) is 0 Å². The van der Waals surface area contributed by atoms with Gasteiger partial charge in [0.25, 0.3) is 11.6 Å². The first kappa shape index (κ1) is 12.3. The molecule has 1 aliphatic heterocycles. The van der Waals surface area contributed by atoms with Crippen LogP contribution in [0.5, 0.6) is 0 Å². The summed E-state index contributed by atoms with van der Waals surface area (Å²) >= 11 is 0. The third-order valence-electron chi connectivity index (χ3n) is 3.29. The third-order valence-corrected chi connectivity index (χ3v) is 3.29. The number of nitro groups is 1. The average Bonchev–Trinajstić information content (AvgIpc) is 2.75. The molecule has 1 atom stereocenters. The molecule has 2 rings (SSSR count). The van der Waals surface area contributed by atoms with E-state index in [1.165, 1.54) is 18.2 Å². The molecule has 0 saturated carbocycles. The molecule has 1 saturated heterocycles. The highest BCUT2D eigenvalue weighted by Gasteiger charge is 2.27. The summed E-state index contributed by atoms with van der Waals surface area (Å²) in [5.41, 5.74) is 5.69. The van der Waals surface area contributed by atoms with Gasteiger partial charge in [-0.2, -0.15) is 0 Å². The predicted molar refractivity (Wildman–Crippen MR) is 67.2 cm³/mol. The van der Waals surface area contributed by atoms with Crippen LogP contribution in [-0.2, 0) is 0 Å². The molecular weight excluding hydrogens is 234 g/mol. The van der Waals surface area contributed by atoms with Gasteiger partial charge in [0.1, 0.15) is 5.69 Å².